The molecule has 0 fully saturated rings. The van der Waals surface area contributed by atoms with Crippen LogP contribution in [-0.4, -0.2) is 14.5 Å². The van der Waals surface area contributed by atoms with E-state index >= 15 is 0 Å². The van der Waals surface area contributed by atoms with Gasteiger partial charge in [-0.3, -0.25) is 0 Å². The summed E-state index contributed by atoms with van der Waals surface area (Å²) in [6.45, 7) is 1.85. The van der Waals surface area contributed by atoms with Gasteiger partial charge < -0.3 is 9.55 Å². The van der Waals surface area contributed by atoms with Gasteiger partial charge in [-0.15, -0.1) is 0 Å². The van der Waals surface area contributed by atoms with E-state index < -0.39 is 0 Å². The van der Waals surface area contributed by atoms with E-state index in [0.29, 0.717) is 5.15 Å². The van der Waals surface area contributed by atoms with Crippen LogP contribution in [0.4, 0.5) is 0 Å². The summed E-state index contributed by atoms with van der Waals surface area (Å²) in [5.74, 6) is 0. The van der Waals surface area contributed by atoms with Gasteiger partial charge in [0.25, 0.3) is 0 Å². The molecule has 0 aromatic carbocycles. The van der Waals surface area contributed by atoms with Crippen molar-refractivity contribution in [1.29, 1.82) is 0 Å². The average Bonchev–Trinajstić information content (AvgIpc) is 2.46. The first-order valence-electron chi connectivity index (χ1n) is 4.47. The van der Waals surface area contributed by atoms with Crippen molar-refractivity contribution in [2.24, 2.45) is 7.05 Å². The Bertz CT molecular complexity index is 556. The Morgan fingerprint density at radius 2 is 2.20 bits per heavy atom. The highest BCUT2D eigenvalue weighted by Gasteiger charge is 2.06. The summed E-state index contributed by atoms with van der Waals surface area (Å²) in [5, 5.41) is 0.453. The van der Waals surface area contributed by atoms with Crippen LogP contribution in [0.1, 0.15) is 5.69 Å². The lowest BCUT2D eigenvalue weighted by atomic mass is 10.1. The van der Waals surface area contributed by atoms with Gasteiger partial charge in [0, 0.05) is 24.5 Å². The van der Waals surface area contributed by atoms with Gasteiger partial charge in [0.2, 0.25) is 0 Å². The second kappa shape index (κ2) is 3.55. The van der Waals surface area contributed by atoms with Gasteiger partial charge in [-0.2, -0.15) is 0 Å². The zero-order chi connectivity index (χ0) is 11.0. The Hall–Kier alpha value is -1.55. The number of aromatic nitrogens is 3. The normalized spacial score (nSPS) is 10.6. The summed E-state index contributed by atoms with van der Waals surface area (Å²) in [4.78, 5) is 18.1. The zero-order valence-electron chi connectivity index (χ0n) is 8.41. The van der Waals surface area contributed by atoms with Crippen molar-refractivity contribution in [3.63, 3.8) is 0 Å². The highest BCUT2D eigenvalue weighted by atomic mass is 35.5. The molecular weight excluding hydrogens is 214 g/mol. The third-order valence-electron chi connectivity index (χ3n) is 2.23. The number of aromatic amines is 1. The van der Waals surface area contributed by atoms with Crippen LogP contribution >= 0.6 is 11.6 Å². The van der Waals surface area contributed by atoms with Gasteiger partial charge in [-0.05, 0) is 19.1 Å². The van der Waals surface area contributed by atoms with Crippen LogP contribution in [0.3, 0.4) is 0 Å². The molecule has 0 aliphatic carbocycles. The minimum absolute atomic E-state index is 0.139. The fraction of sp³-hybridized carbons (Fsp3) is 0.200. The average molecular weight is 224 g/mol. The van der Waals surface area contributed by atoms with Crippen LogP contribution in [-0.2, 0) is 7.05 Å². The molecule has 5 heteroatoms. The number of aryl methyl sites for hydroxylation is 2. The van der Waals surface area contributed by atoms with E-state index in [0.717, 1.165) is 17.0 Å². The van der Waals surface area contributed by atoms with E-state index in [1.807, 2.05) is 13.0 Å². The summed E-state index contributed by atoms with van der Waals surface area (Å²) < 4.78 is 1.49. The Morgan fingerprint density at radius 1 is 1.47 bits per heavy atom. The molecule has 78 valence electrons. The molecule has 2 rings (SSSR count). The Balaban J connectivity index is 2.59. The van der Waals surface area contributed by atoms with Gasteiger partial charge in [0.1, 0.15) is 5.15 Å². The smallest absolute Gasteiger partial charge is 0.306 e. The maximum Gasteiger partial charge on any atom is 0.325 e. The monoisotopic (exact) mass is 223 g/mol. The van der Waals surface area contributed by atoms with Crippen LogP contribution in [0.5, 0.6) is 0 Å². The van der Waals surface area contributed by atoms with E-state index in [1.54, 1.807) is 19.3 Å². The maximum absolute atomic E-state index is 11.3. The van der Waals surface area contributed by atoms with Crippen LogP contribution < -0.4 is 5.69 Å². The molecule has 0 spiro atoms. The van der Waals surface area contributed by atoms with E-state index in [9.17, 15) is 4.79 Å². The molecule has 2 aromatic heterocycles. The molecule has 15 heavy (non-hydrogen) atoms. The van der Waals surface area contributed by atoms with Crippen molar-refractivity contribution in [2.45, 2.75) is 6.92 Å². The second-order valence-corrected chi connectivity index (χ2v) is 3.74. The second-order valence-electron chi connectivity index (χ2n) is 3.35. The van der Waals surface area contributed by atoms with E-state index in [2.05, 4.69) is 9.97 Å². The van der Waals surface area contributed by atoms with Crippen molar-refractivity contribution in [1.82, 2.24) is 14.5 Å². The molecule has 4 nitrogen and oxygen atoms in total. The minimum atomic E-state index is -0.139. The topological polar surface area (TPSA) is 50.7 Å². The minimum Gasteiger partial charge on any atom is -0.306 e. The zero-order valence-corrected chi connectivity index (χ0v) is 9.17. The number of H-pyrrole nitrogens is 1. The molecule has 0 atom stereocenters. The predicted octanol–water partition coefficient (Wildman–Crippen LogP) is 1.74. The SMILES string of the molecule is Cc1nc(Cl)ccc1-c1cn(C)c(=O)[nH]1. The lowest BCUT2D eigenvalue weighted by Crippen LogP contribution is -2.11. The summed E-state index contributed by atoms with van der Waals surface area (Å²) in [5.41, 5.74) is 2.30. The number of pyridine rings is 1. The third kappa shape index (κ3) is 1.80. The van der Waals surface area contributed by atoms with Crippen molar-refractivity contribution in [3.05, 3.63) is 39.7 Å². The van der Waals surface area contributed by atoms with Crippen molar-refractivity contribution >= 4 is 11.6 Å². The number of hydrogen-bond acceptors (Lipinski definition) is 2. The summed E-state index contributed by atoms with van der Waals surface area (Å²) in [6, 6.07) is 3.55. The van der Waals surface area contributed by atoms with Gasteiger partial charge in [0.15, 0.2) is 0 Å². The summed E-state index contributed by atoms with van der Waals surface area (Å²) in [6.07, 6.45) is 1.74. The lowest BCUT2D eigenvalue weighted by Gasteiger charge is -2.01. The highest BCUT2D eigenvalue weighted by molar-refractivity contribution is 6.29. The molecule has 0 saturated carbocycles. The van der Waals surface area contributed by atoms with Crippen LogP contribution in [0, 0.1) is 6.92 Å². The fourth-order valence-electron chi connectivity index (χ4n) is 1.44. The lowest BCUT2D eigenvalue weighted by molar-refractivity contribution is 0.862. The van der Waals surface area contributed by atoms with Gasteiger partial charge >= 0.3 is 5.69 Å². The quantitative estimate of drug-likeness (QED) is 0.749. The maximum atomic E-state index is 11.3. The molecule has 0 radical (unpaired) electrons. The Labute approximate surface area is 91.5 Å². The van der Waals surface area contributed by atoms with Gasteiger partial charge in [-0.1, -0.05) is 11.6 Å². The Kier molecular flexibility index (Phi) is 2.36. The largest absolute Gasteiger partial charge is 0.325 e. The number of imidazole rings is 1. The number of hydrogen-bond donors (Lipinski definition) is 1. The molecule has 0 aliphatic heterocycles. The van der Waals surface area contributed by atoms with Gasteiger partial charge in [0.05, 0.1) is 5.69 Å². The first-order valence-corrected chi connectivity index (χ1v) is 4.85. The fourth-order valence-corrected chi connectivity index (χ4v) is 1.63. The van der Waals surface area contributed by atoms with Crippen molar-refractivity contribution < 1.29 is 0 Å². The summed E-state index contributed by atoms with van der Waals surface area (Å²) >= 11 is 5.75. The first-order chi connectivity index (χ1) is 7.08. The van der Waals surface area contributed by atoms with E-state index in [-0.39, 0.29) is 5.69 Å². The summed E-state index contributed by atoms with van der Waals surface area (Å²) in [7, 11) is 1.70. The molecular formula is C10H10ClN3O. The highest BCUT2D eigenvalue weighted by Crippen LogP contribution is 2.20. The van der Waals surface area contributed by atoms with Crippen molar-refractivity contribution in [2.75, 3.05) is 0 Å². The molecule has 0 bridgehead atoms. The number of nitrogens with one attached hydrogen (secondary N) is 1. The molecule has 0 amide bonds. The van der Waals surface area contributed by atoms with Crippen molar-refractivity contribution in [3.8, 4) is 11.3 Å². The Morgan fingerprint density at radius 3 is 2.73 bits per heavy atom. The number of halogens is 1. The van der Waals surface area contributed by atoms with Crippen LogP contribution in [0.2, 0.25) is 5.15 Å². The van der Waals surface area contributed by atoms with Crippen LogP contribution in [0.15, 0.2) is 23.1 Å². The van der Waals surface area contributed by atoms with E-state index in [1.165, 1.54) is 4.57 Å². The molecule has 0 saturated heterocycles. The number of nitrogens with zero attached hydrogens (tertiary/aromatic N) is 2. The molecule has 2 heterocycles. The molecule has 2 aromatic rings. The predicted molar refractivity (Wildman–Crippen MR) is 59.0 cm³/mol. The molecule has 0 aliphatic rings. The van der Waals surface area contributed by atoms with Crippen LogP contribution in [0.25, 0.3) is 11.3 Å². The molecule has 1 N–H and O–H groups in total. The number of rotatable bonds is 1. The molecule has 0 unspecified atom stereocenters. The van der Waals surface area contributed by atoms with E-state index in [4.69, 9.17) is 11.6 Å². The third-order valence-corrected chi connectivity index (χ3v) is 2.44. The van der Waals surface area contributed by atoms with Gasteiger partial charge in [-0.25, -0.2) is 9.78 Å². The standard InChI is InChI=1S/C10H10ClN3O/c1-6-7(3-4-9(11)12-6)8-5-14(2)10(15)13-8/h3-5H,1-2H3,(H,13,15). The first kappa shape index (κ1) is 9.98.